The van der Waals surface area contributed by atoms with Crippen molar-refractivity contribution in [2.75, 3.05) is 7.11 Å². The molecule has 0 saturated carbocycles. The van der Waals surface area contributed by atoms with Crippen molar-refractivity contribution in [3.05, 3.63) is 28.0 Å². The molecule has 3 nitrogen and oxygen atoms in total. The van der Waals surface area contributed by atoms with Gasteiger partial charge in [0.25, 0.3) is 0 Å². The van der Waals surface area contributed by atoms with E-state index in [4.69, 9.17) is 5.26 Å². The highest BCUT2D eigenvalue weighted by atomic mass is 32.1. The number of ether oxygens (including phenoxy) is 1. The lowest BCUT2D eigenvalue weighted by atomic mass is 10.2. The van der Waals surface area contributed by atoms with Gasteiger partial charge in [0.2, 0.25) is 0 Å². The predicted molar refractivity (Wildman–Crippen MR) is 54.9 cm³/mol. The Hall–Kier alpha value is -1.60. The van der Waals surface area contributed by atoms with Crippen molar-refractivity contribution in [3.8, 4) is 6.07 Å². The van der Waals surface area contributed by atoms with Gasteiger partial charge in [-0.25, -0.2) is 4.79 Å². The van der Waals surface area contributed by atoms with Crippen LogP contribution in [0.4, 0.5) is 0 Å². The molecule has 14 heavy (non-hydrogen) atoms. The zero-order chi connectivity index (χ0) is 10.4. The molecule has 1 aromatic heterocycles. The summed E-state index contributed by atoms with van der Waals surface area (Å²) in [5.74, 6) is -0.336. The molecule has 1 aromatic rings. The summed E-state index contributed by atoms with van der Waals surface area (Å²) in [6.45, 7) is 0. The minimum absolute atomic E-state index is 0.336. The number of carbonyl (C=O) groups excluding carboxylic acids is 1. The molecular weight excluding hydrogens is 198 g/mol. The average Bonchev–Trinajstić information content (AvgIpc) is 2.65. The fraction of sp³-hybridized carbons (Fsp3) is 0.200. The average molecular weight is 207 g/mol. The molecule has 0 radical (unpaired) electrons. The number of rotatable bonds is 3. The van der Waals surface area contributed by atoms with Crippen LogP contribution in [0.25, 0.3) is 6.08 Å². The summed E-state index contributed by atoms with van der Waals surface area (Å²) in [7, 11) is 1.35. The minimum Gasteiger partial charge on any atom is -0.465 e. The molecule has 1 rings (SSSR count). The third-order valence-electron chi connectivity index (χ3n) is 1.57. The first-order valence-electron chi connectivity index (χ1n) is 3.99. The standard InChI is InChI=1S/C10H9NO2S/c1-13-10(12)9-8(5-7-14-9)4-2-3-6-11/h2,4-5,7H,3H2,1H3. The first-order valence-corrected chi connectivity index (χ1v) is 4.87. The van der Waals surface area contributed by atoms with Crippen LogP contribution < -0.4 is 0 Å². The molecule has 0 aliphatic heterocycles. The second-order valence-electron chi connectivity index (χ2n) is 2.46. The van der Waals surface area contributed by atoms with Crippen LogP contribution in [-0.2, 0) is 4.74 Å². The Morgan fingerprint density at radius 1 is 1.79 bits per heavy atom. The maximum atomic E-state index is 11.2. The van der Waals surface area contributed by atoms with E-state index in [0.29, 0.717) is 11.3 Å². The van der Waals surface area contributed by atoms with Crippen LogP contribution in [0.1, 0.15) is 21.7 Å². The topological polar surface area (TPSA) is 50.1 Å². The quantitative estimate of drug-likeness (QED) is 0.715. The number of carbonyl (C=O) groups is 1. The second kappa shape index (κ2) is 5.20. The van der Waals surface area contributed by atoms with Crippen molar-refractivity contribution in [3.63, 3.8) is 0 Å². The molecule has 0 atom stereocenters. The molecule has 0 saturated heterocycles. The summed E-state index contributed by atoms with van der Waals surface area (Å²) >= 11 is 1.33. The van der Waals surface area contributed by atoms with Crippen molar-refractivity contribution in [1.82, 2.24) is 0 Å². The number of hydrogen-bond acceptors (Lipinski definition) is 4. The lowest BCUT2D eigenvalue weighted by Gasteiger charge is -1.95. The molecule has 0 aromatic carbocycles. The molecule has 0 aliphatic carbocycles. The molecular formula is C10H9NO2S. The number of thiophene rings is 1. The summed E-state index contributed by atoms with van der Waals surface area (Å²) < 4.78 is 4.61. The van der Waals surface area contributed by atoms with Crippen molar-refractivity contribution >= 4 is 23.4 Å². The Morgan fingerprint density at radius 2 is 2.57 bits per heavy atom. The molecule has 72 valence electrons. The van der Waals surface area contributed by atoms with Crippen molar-refractivity contribution < 1.29 is 9.53 Å². The van der Waals surface area contributed by atoms with Gasteiger partial charge in [-0.3, -0.25) is 0 Å². The summed E-state index contributed by atoms with van der Waals surface area (Å²) in [5, 5.41) is 10.1. The third-order valence-corrected chi connectivity index (χ3v) is 2.48. The molecule has 0 aliphatic rings. The molecule has 1 heterocycles. The van der Waals surface area contributed by atoms with Gasteiger partial charge in [0, 0.05) is 0 Å². The maximum Gasteiger partial charge on any atom is 0.348 e. The highest BCUT2D eigenvalue weighted by molar-refractivity contribution is 7.12. The Morgan fingerprint density at radius 3 is 3.21 bits per heavy atom. The van der Waals surface area contributed by atoms with E-state index in [1.807, 2.05) is 17.5 Å². The van der Waals surface area contributed by atoms with Gasteiger partial charge in [-0.05, 0) is 17.0 Å². The van der Waals surface area contributed by atoms with Crippen LogP contribution in [0.15, 0.2) is 17.5 Å². The van der Waals surface area contributed by atoms with Crippen molar-refractivity contribution in [1.29, 1.82) is 5.26 Å². The number of hydrogen-bond donors (Lipinski definition) is 0. The van der Waals surface area contributed by atoms with Crippen molar-refractivity contribution in [2.45, 2.75) is 6.42 Å². The van der Waals surface area contributed by atoms with Gasteiger partial charge in [-0.1, -0.05) is 12.2 Å². The minimum atomic E-state index is -0.336. The van der Waals surface area contributed by atoms with E-state index in [0.717, 1.165) is 5.56 Å². The Labute approximate surface area is 86.2 Å². The number of allylic oxidation sites excluding steroid dienone is 1. The smallest absolute Gasteiger partial charge is 0.348 e. The number of nitrogens with zero attached hydrogens (tertiary/aromatic N) is 1. The van der Waals surface area contributed by atoms with Gasteiger partial charge in [-0.2, -0.15) is 5.26 Å². The van der Waals surface area contributed by atoms with Gasteiger partial charge >= 0.3 is 5.97 Å². The van der Waals surface area contributed by atoms with E-state index >= 15 is 0 Å². The summed E-state index contributed by atoms with van der Waals surface area (Å²) in [5.41, 5.74) is 0.803. The highest BCUT2D eigenvalue weighted by Gasteiger charge is 2.10. The van der Waals surface area contributed by atoms with Gasteiger partial charge in [0.15, 0.2) is 0 Å². The number of esters is 1. The van der Waals surface area contributed by atoms with E-state index in [1.54, 1.807) is 12.2 Å². The number of nitriles is 1. The largest absolute Gasteiger partial charge is 0.465 e. The zero-order valence-electron chi connectivity index (χ0n) is 7.69. The molecule has 0 unspecified atom stereocenters. The van der Waals surface area contributed by atoms with Crippen molar-refractivity contribution in [2.24, 2.45) is 0 Å². The third kappa shape index (κ3) is 2.44. The Bertz CT molecular complexity index is 387. The van der Waals surface area contributed by atoms with Gasteiger partial charge in [-0.15, -0.1) is 11.3 Å². The van der Waals surface area contributed by atoms with Crippen LogP contribution in [0.5, 0.6) is 0 Å². The van der Waals surface area contributed by atoms with E-state index in [-0.39, 0.29) is 5.97 Å². The molecule has 0 N–H and O–H groups in total. The van der Waals surface area contributed by atoms with Crippen LogP contribution in [0.3, 0.4) is 0 Å². The first kappa shape index (κ1) is 10.5. The van der Waals surface area contributed by atoms with Gasteiger partial charge < -0.3 is 4.74 Å². The summed E-state index contributed by atoms with van der Waals surface area (Å²) in [6, 6.07) is 3.82. The maximum absolute atomic E-state index is 11.2. The highest BCUT2D eigenvalue weighted by Crippen LogP contribution is 2.19. The molecule has 0 spiro atoms. The number of methoxy groups -OCH3 is 1. The molecule has 0 bridgehead atoms. The first-order chi connectivity index (χ1) is 6.79. The second-order valence-corrected chi connectivity index (χ2v) is 3.38. The molecule has 0 fully saturated rings. The van der Waals surface area contributed by atoms with Gasteiger partial charge in [0.05, 0.1) is 19.6 Å². The normalized spacial score (nSPS) is 10.0. The van der Waals surface area contributed by atoms with Crippen LogP contribution >= 0.6 is 11.3 Å². The Kier molecular flexibility index (Phi) is 3.89. The van der Waals surface area contributed by atoms with E-state index < -0.39 is 0 Å². The van der Waals surface area contributed by atoms with Crippen LogP contribution in [0.2, 0.25) is 0 Å². The van der Waals surface area contributed by atoms with E-state index in [2.05, 4.69) is 4.74 Å². The predicted octanol–water partition coefficient (Wildman–Crippen LogP) is 2.46. The van der Waals surface area contributed by atoms with Crippen LogP contribution in [0, 0.1) is 11.3 Å². The molecule has 0 amide bonds. The lowest BCUT2D eigenvalue weighted by Crippen LogP contribution is -1.99. The van der Waals surface area contributed by atoms with E-state index in [9.17, 15) is 4.79 Å². The summed E-state index contributed by atoms with van der Waals surface area (Å²) in [6.07, 6.45) is 3.82. The fourth-order valence-electron chi connectivity index (χ4n) is 0.948. The monoisotopic (exact) mass is 207 g/mol. The lowest BCUT2D eigenvalue weighted by molar-refractivity contribution is 0.0606. The van der Waals surface area contributed by atoms with E-state index in [1.165, 1.54) is 18.4 Å². The van der Waals surface area contributed by atoms with Crippen LogP contribution in [-0.4, -0.2) is 13.1 Å². The Balaban J connectivity index is 2.83. The fourth-order valence-corrected chi connectivity index (χ4v) is 1.75. The van der Waals surface area contributed by atoms with Gasteiger partial charge in [0.1, 0.15) is 4.88 Å². The SMILES string of the molecule is COC(=O)c1sccc1C=CCC#N. The molecule has 4 heteroatoms. The zero-order valence-corrected chi connectivity index (χ0v) is 8.50. The summed E-state index contributed by atoms with van der Waals surface area (Å²) in [4.78, 5) is 11.8.